The van der Waals surface area contributed by atoms with Crippen molar-refractivity contribution in [2.24, 2.45) is 0 Å². The Morgan fingerprint density at radius 1 is 0.397 bits per heavy atom. The Bertz CT molecular complexity index is 1600. The molecule has 0 aromatic heterocycles. The van der Waals surface area contributed by atoms with Gasteiger partial charge < -0.3 is 28.5 Å². The molecule has 0 rings (SSSR count). The van der Waals surface area contributed by atoms with Crippen LogP contribution in [0.4, 0.5) is 0 Å². The second-order valence-electron chi connectivity index (χ2n) is 22.3. The predicted molar refractivity (Wildman–Crippen MR) is 332 cm³/mol. The van der Waals surface area contributed by atoms with E-state index in [0.717, 1.165) is 103 Å². The van der Waals surface area contributed by atoms with E-state index < -0.39 is 24.3 Å². The van der Waals surface area contributed by atoms with Gasteiger partial charge in [-0.1, -0.05) is 252 Å². The molecule has 0 saturated heterocycles. The molecule has 0 bridgehead atoms. The quantitative estimate of drug-likeness (QED) is 0.0211. The van der Waals surface area contributed by atoms with E-state index in [1.54, 1.807) is 0 Å². The minimum absolute atomic E-state index is 0.184. The molecule has 0 spiro atoms. The summed E-state index contributed by atoms with van der Waals surface area (Å²) in [6, 6.07) is 0. The van der Waals surface area contributed by atoms with E-state index in [9.17, 15) is 19.5 Å². The monoisotopic (exact) mass is 1090 g/mol. The number of carboxylic acid groups (broad SMARTS) is 1. The number of allylic oxidation sites excluding steroid dienone is 16. The summed E-state index contributed by atoms with van der Waals surface area (Å²) in [5.74, 6) is -2.01. The fraction of sp³-hybridized carbons (Fsp3) is 0.725. The number of unbranched alkanes of at least 4 members (excludes halogenated alkanes) is 27. The molecule has 9 heteroatoms. The number of nitrogens with zero attached hydrogens (tertiary/aromatic N) is 1. The number of esters is 2. The van der Waals surface area contributed by atoms with Gasteiger partial charge in [0.15, 0.2) is 6.10 Å². The highest BCUT2D eigenvalue weighted by molar-refractivity contribution is 5.71. The van der Waals surface area contributed by atoms with Crippen molar-refractivity contribution in [1.82, 2.24) is 0 Å². The lowest BCUT2D eigenvalue weighted by Gasteiger charge is -2.25. The topological polar surface area (TPSA) is 108 Å². The number of carbonyl (C=O) groups is 3. The highest BCUT2D eigenvalue weighted by atomic mass is 16.7. The molecule has 2 unspecified atom stereocenters. The van der Waals surface area contributed by atoms with Crippen molar-refractivity contribution in [1.29, 1.82) is 0 Å². The molecule has 0 aliphatic heterocycles. The van der Waals surface area contributed by atoms with E-state index in [0.29, 0.717) is 17.4 Å². The first-order chi connectivity index (χ1) is 38.1. The van der Waals surface area contributed by atoms with Crippen LogP contribution in [0.2, 0.25) is 0 Å². The van der Waals surface area contributed by atoms with Gasteiger partial charge in [-0.05, 0) is 96.3 Å². The van der Waals surface area contributed by atoms with Crippen LogP contribution >= 0.6 is 0 Å². The van der Waals surface area contributed by atoms with Crippen molar-refractivity contribution in [3.05, 3.63) is 97.2 Å². The number of ether oxygens (including phenoxy) is 4. The molecular weight excluding hydrogens is 971 g/mol. The van der Waals surface area contributed by atoms with Gasteiger partial charge in [0, 0.05) is 12.8 Å². The van der Waals surface area contributed by atoms with Gasteiger partial charge >= 0.3 is 17.9 Å². The van der Waals surface area contributed by atoms with Crippen molar-refractivity contribution >= 4 is 17.9 Å². The normalized spacial score (nSPS) is 13.4. The van der Waals surface area contributed by atoms with Crippen LogP contribution in [0.25, 0.3) is 0 Å². The SMILES string of the molecule is CC/C=C\C/C=C\C/C=C\C/C=C\C/C=C\C/C=C\C/C=C\CCCCCCCCCCCCCCCCCC(=O)OC(COC(=O)CCCCCCC/C=C\CCCCCCCCC)COC(OCC[N+](C)(C)C)C(=O)O. The van der Waals surface area contributed by atoms with E-state index in [-0.39, 0.29) is 32.2 Å². The smallest absolute Gasteiger partial charge is 0.361 e. The van der Waals surface area contributed by atoms with Gasteiger partial charge in [0.1, 0.15) is 13.2 Å². The Morgan fingerprint density at radius 3 is 1.10 bits per heavy atom. The molecule has 0 radical (unpaired) electrons. The molecule has 448 valence electrons. The summed E-state index contributed by atoms with van der Waals surface area (Å²) < 4.78 is 22.9. The van der Waals surface area contributed by atoms with E-state index in [1.807, 2.05) is 21.1 Å². The van der Waals surface area contributed by atoms with E-state index in [1.165, 1.54) is 135 Å². The minimum Gasteiger partial charge on any atom is -0.477 e. The summed E-state index contributed by atoms with van der Waals surface area (Å²) in [4.78, 5) is 37.5. The lowest BCUT2D eigenvalue weighted by molar-refractivity contribution is -0.870. The number of hydrogen-bond donors (Lipinski definition) is 1. The van der Waals surface area contributed by atoms with Crippen LogP contribution in [-0.4, -0.2) is 87.4 Å². The average Bonchev–Trinajstić information content (AvgIpc) is 3.41. The third-order valence-electron chi connectivity index (χ3n) is 13.6. The molecular formula is C69H120NO8+. The summed E-state index contributed by atoms with van der Waals surface area (Å²) in [6.45, 7) is 4.76. The van der Waals surface area contributed by atoms with Gasteiger partial charge in [0.25, 0.3) is 6.29 Å². The van der Waals surface area contributed by atoms with Gasteiger partial charge in [-0.3, -0.25) is 9.59 Å². The van der Waals surface area contributed by atoms with Gasteiger partial charge in [0.2, 0.25) is 0 Å². The largest absolute Gasteiger partial charge is 0.477 e. The lowest BCUT2D eigenvalue weighted by atomic mass is 10.0. The molecule has 78 heavy (non-hydrogen) atoms. The standard InChI is InChI=1S/C69H119NO8/c1-6-8-10-12-14-16-18-20-22-24-25-26-27-28-29-30-31-32-33-34-35-36-37-38-39-40-41-42-43-44-46-48-50-52-54-56-58-60-67(72)78-65(64-77-69(68(73)74)75-62-61-70(3,4)5)63-76-66(71)59-57-55-53-51-49-47-45-23-21-19-17-15-13-11-9-7-2/h8,10,14,16,20,22-23,25-26,28-29,31-32,34-35,45,65,69H,6-7,9,11-13,15,17-19,21,24,27,30,33,36-44,46-64H2,1-5H3/p+1/b10-8-,16-14-,22-20-,26-25-,29-28-,32-31-,35-34-,45-23-. The van der Waals surface area contributed by atoms with Crippen LogP contribution in [0.15, 0.2) is 97.2 Å². The number of likely N-dealkylation sites (N-methyl/N-ethyl adjacent to an activating group) is 1. The molecule has 0 aromatic rings. The average molecular weight is 1090 g/mol. The van der Waals surface area contributed by atoms with E-state index >= 15 is 0 Å². The molecule has 0 fully saturated rings. The summed E-state index contributed by atoms with van der Waals surface area (Å²) in [5, 5.41) is 9.71. The number of rotatable bonds is 58. The van der Waals surface area contributed by atoms with Crippen molar-refractivity contribution < 1.29 is 42.9 Å². The first kappa shape index (κ1) is 74.2. The fourth-order valence-electron chi connectivity index (χ4n) is 8.70. The summed E-state index contributed by atoms with van der Waals surface area (Å²) >= 11 is 0. The molecule has 0 aliphatic rings. The van der Waals surface area contributed by atoms with Crippen LogP contribution in [0, 0.1) is 0 Å². The molecule has 0 amide bonds. The third kappa shape index (κ3) is 59.9. The Kier molecular flexibility index (Phi) is 56.5. The highest BCUT2D eigenvalue weighted by Gasteiger charge is 2.25. The number of quaternary nitrogens is 1. The van der Waals surface area contributed by atoms with Gasteiger partial charge in [0.05, 0.1) is 34.4 Å². The van der Waals surface area contributed by atoms with E-state index in [4.69, 9.17) is 18.9 Å². The second kappa shape index (κ2) is 59.3. The summed E-state index contributed by atoms with van der Waals surface area (Å²) in [6.07, 6.45) is 77.9. The highest BCUT2D eigenvalue weighted by Crippen LogP contribution is 2.16. The third-order valence-corrected chi connectivity index (χ3v) is 13.6. The van der Waals surface area contributed by atoms with Crippen LogP contribution < -0.4 is 0 Å². The maximum Gasteiger partial charge on any atom is 0.361 e. The fourth-order valence-corrected chi connectivity index (χ4v) is 8.70. The molecule has 0 aromatic carbocycles. The number of hydrogen-bond acceptors (Lipinski definition) is 7. The predicted octanol–water partition coefficient (Wildman–Crippen LogP) is 19.3. The minimum atomic E-state index is -1.51. The maximum absolute atomic E-state index is 12.9. The first-order valence-corrected chi connectivity index (χ1v) is 31.9. The van der Waals surface area contributed by atoms with Crippen LogP contribution in [-0.2, 0) is 33.3 Å². The molecule has 9 nitrogen and oxygen atoms in total. The van der Waals surface area contributed by atoms with Crippen molar-refractivity contribution in [2.75, 3.05) is 47.5 Å². The van der Waals surface area contributed by atoms with Gasteiger partial charge in [-0.15, -0.1) is 0 Å². The van der Waals surface area contributed by atoms with Crippen molar-refractivity contribution in [2.45, 2.75) is 277 Å². The first-order valence-electron chi connectivity index (χ1n) is 31.9. The van der Waals surface area contributed by atoms with Crippen molar-refractivity contribution in [3.8, 4) is 0 Å². The van der Waals surface area contributed by atoms with Crippen LogP contribution in [0.3, 0.4) is 0 Å². The van der Waals surface area contributed by atoms with E-state index in [2.05, 4.69) is 111 Å². The second-order valence-corrected chi connectivity index (χ2v) is 22.3. The molecule has 0 saturated carbocycles. The molecule has 2 atom stereocenters. The van der Waals surface area contributed by atoms with Gasteiger partial charge in [-0.2, -0.15) is 0 Å². The van der Waals surface area contributed by atoms with Crippen LogP contribution in [0.5, 0.6) is 0 Å². The molecule has 1 N–H and O–H groups in total. The van der Waals surface area contributed by atoms with Gasteiger partial charge in [-0.25, -0.2) is 4.79 Å². The number of carboxylic acids is 1. The Hall–Kier alpha value is -3.79. The zero-order valence-electron chi connectivity index (χ0n) is 51.1. The Morgan fingerprint density at radius 2 is 0.731 bits per heavy atom. The zero-order chi connectivity index (χ0) is 56.9. The lowest BCUT2D eigenvalue weighted by Crippen LogP contribution is -2.40. The number of carbonyl (C=O) groups excluding carboxylic acids is 2. The molecule has 0 heterocycles. The zero-order valence-corrected chi connectivity index (χ0v) is 51.1. The summed E-state index contributed by atoms with van der Waals surface area (Å²) in [7, 11) is 5.97. The van der Waals surface area contributed by atoms with Crippen molar-refractivity contribution in [3.63, 3.8) is 0 Å². The maximum atomic E-state index is 12.9. The Balaban J connectivity index is 4.10. The summed E-state index contributed by atoms with van der Waals surface area (Å²) in [5.41, 5.74) is 0. The number of aliphatic carboxylic acids is 1. The molecule has 0 aliphatic carbocycles. The van der Waals surface area contributed by atoms with Crippen LogP contribution in [0.1, 0.15) is 264 Å². The Labute approximate surface area is 480 Å².